The van der Waals surface area contributed by atoms with Gasteiger partial charge in [0.2, 0.25) is 11.1 Å². The van der Waals surface area contributed by atoms with E-state index >= 15 is 0 Å². The van der Waals surface area contributed by atoms with Gasteiger partial charge >= 0.3 is 0 Å². The van der Waals surface area contributed by atoms with Gasteiger partial charge < -0.3 is 11.1 Å². The Bertz CT molecular complexity index is 695. The summed E-state index contributed by atoms with van der Waals surface area (Å²) in [7, 11) is 0. The smallest absolute Gasteiger partial charge is 0.245 e. The van der Waals surface area contributed by atoms with Crippen LogP contribution in [0.25, 0.3) is 0 Å². The molecule has 1 aromatic carbocycles. The van der Waals surface area contributed by atoms with Crippen LogP contribution in [0.3, 0.4) is 0 Å². The van der Waals surface area contributed by atoms with E-state index in [2.05, 4.69) is 20.8 Å². The second kappa shape index (κ2) is 4.29. The lowest BCUT2D eigenvalue weighted by atomic mass is 10.1. The quantitative estimate of drug-likeness (QED) is 0.878. The molecule has 8 heteroatoms. The lowest BCUT2D eigenvalue weighted by Gasteiger charge is -2.05. The third-order valence-electron chi connectivity index (χ3n) is 3.46. The molecule has 3 N–H and O–H groups in total. The van der Waals surface area contributed by atoms with Gasteiger partial charge in [-0.2, -0.15) is 0 Å². The van der Waals surface area contributed by atoms with Gasteiger partial charge in [-0.3, -0.25) is 4.79 Å². The number of hydrogen-bond acceptors (Lipinski definition) is 6. The largest absolute Gasteiger partial charge is 0.324 e. The molecule has 2 heterocycles. The molecule has 1 fully saturated rings. The molecule has 1 saturated carbocycles. The molecule has 4 rings (SSSR count). The number of carbonyl (C=O) groups excluding carboxylic acids is 1. The van der Waals surface area contributed by atoms with E-state index in [4.69, 9.17) is 5.73 Å². The van der Waals surface area contributed by atoms with Crippen LogP contribution < -0.4 is 11.1 Å². The number of benzene rings is 1. The van der Waals surface area contributed by atoms with E-state index in [1.807, 2.05) is 22.9 Å². The molecule has 0 radical (unpaired) electrons. The summed E-state index contributed by atoms with van der Waals surface area (Å²) in [4.78, 5) is 12.5. The van der Waals surface area contributed by atoms with Crippen molar-refractivity contribution < 1.29 is 4.79 Å². The van der Waals surface area contributed by atoms with Crippen LogP contribution in [-0.4, -0.2) is 26.1 Å². The fourth-order valence-electron chi connectivity index (χ4n) is 2.24. The van der Waals surface area contributed by atoms with Gasteiger partial charge in [0.05, 0.1) is 6.04 Å². The number of fused-ring (bicyclic) bond motifs is 1. The Hall–Kier alpha value is -1.93. The molecule has 1 aromatic heterocycles. The highest BCUT2D eigenvalue weighted by molar-refractivity contribution is 7.99. The first-order chi connectivity index (χ1) is 9.72. The van der Waals surface area contributed by atoms with Crippen molar-refractivity contribution in [3.63, 3.8) is 0 Å². The van der Waals surface area contributed by atoms with E-state index in [0.717, 1.165) is 34.1 Å². The molecule has 1 amide bonds. The number of nitrogens with one attached hydrogen (secondary N) is 1. The summed E-state index contributed by atoms with van der Waals surface area (Å²) in [6.07, 6.45) is 2.27. The molecule has 2 aliphatic rings. The van der Waals surface area contributed by atoms with Crippen LogP contribution in [0.15, 0.2) is 28.3 Å². The minimum Gasteiger partial charge on any atom is -0.324 e. The molecule has 20 heavy (non-hydrogen) atoms. The van der Waals surface area contributed by atoms with Gasteiger partial charge in [-0.1, -0.05) is 6.07 Å². The molecule has 2 aromatic rings. The highest BCUT2D eigenvalue weighted by atomic mass is 32.2. The monoisotopic (exact) mass is 288 g/mol. The average molecular weight is 288 g/mol. The van der Waals surface area contributed by atoms with E-state index in [1.54, 1.807) is 0 Å². The lowest BCUT2D eigenvalue weighted by molar-refractivity contribution is -0.116. The van der Waals surface area contributed by atoms with Gasteiger partial charge in [0, 0.05) is 16.1 Å². The topological polar surface area (TPSA) is 98.7 Å². The van der Waals surface area contributed by atoms with Gasteiger partial charge in [-0.25, -0.2) is 4.68 Å². The number of rotatable bonds is 3. The highest BCUT2D eigenvalue weighted by Gasteiger charge is 2.29. The van der Waals surface area contributed by atoms with Crippen LogP contribution in [0.4, 0.5) is 5.69 Å². The zero-order valence-corrected chi connectivity index (χ0v) is 11.3. The Labute approximate surface area is 118 Å². The number of aromatic nitrogens is 4. The normalized spacial score (nSPS) is 20.9. The molecule has 0 spiro atoms. The summed E-state index contributed by atoms with van der Waals surface area (Å²) >= 11 is 1.49. The minimum atomic E-state index is -0.569. The molecule has 0 saturated heterocycles. The zero-order chi connectivity index (χ0) is 13.7. The number of hydrogen-bond donors (Lipinski definition) is 2. The van der Waals surface area contributed by atoms with Crippen molar-refractivity contribution in [2.45, 2.75) is 35.0 Å². The lowest BCUT2D eigenvalue weighted by Crippen LogP contribution is -2.19. The van der Waals surface area contributed by atoms with E-state index in [1.165, 1.54) is 11.8 Å². The van der Waals surface area contributed by atoms with Gasteiger partial charge in [-0.15, -0.1) is 5.10 Å². The van der Waals surface area contributed by atoms with Crippen molar-refractivity contribution >= 4 is 23.4 Å². The van der Waals surface area contributed by atoms with Gasteiger partial charge in [-0.05, 0) is 47.2 Å². The Morgan fingerprint density at radius 3 is 3.05 bits per heavy atom. The van der Waals surface area contributed by atoms with Crippen molar-refractivity contribution in [1.29, 1.82) is 0 Å². The Kier molecular flexibility index (Phi) is 2.54. The van der Waals surface area contributed by atoms with Gasteiger partial charge in [0.15, 0.2) is 0 Å². The average Bonchev–Trinajstić information content (AvgIpc) is 3.12. The van der Waals surface area contributed by atoms with Crippen LogP contribution in [0.1, 0.15) is 30.5 Å². The third-order valence-corrected chi connectivity index (χ3v) is 4.41. The van der Waals surface area contributed by atoms with Crippen LogP contribution in [0, 0.1) is 0 Å². The van der Waals surface area contributed by atoms with E-state index in [-0.39, 0.29) is 5.91 Å². The summed E-state index contributed by atoms with van der Waals surface area (Å²) in [5, 5.41) is 15.4. The first-order valence-corrected chi connectivity index (χ1v) is 7.20. The number of tetrazole rings is 1. The van der Waals surface area contributed by atoms with Crippen molar-refractivity contribution in [2.75, 3.05) is 5.32 Å². The van der Waals surface area contributed by atoms with Crippen molar-refractivity contribution in [2.24, 2.45) is 5.73 Å². The van der Waals surface area contributed by atoms with Crippen molar-refractivity contribution in [1.82, 2.24) is 20.2 Å². The maximum Gasteiger partial charge on any atom is 0.245 e. The molecule has 1 aliphatic carbocycles. The van der Waals surface area contributed by atoms with Gasteiger partial charge in [0.1, 0.15) is 6.04 Å². The summed E-state index contributed by atoms with van der Waals surface area (Å²) in [5.74, 6) is -0.162. The fraction of sp³-hybridized carbons (Fsp3) is 0.333. The molecule has 7 nitrogen and oxygen atoms in total. The summed E-state index contributed by atoms with van der Waals surface area (Å²) in [5.41, 5.74) is 7.40. The molecular weight excluding hydrogens is 276 g/mol. The summed E-state index contributed by atoms with van der Waals surface area (Å²) < 4.78 is 1.86. The number of carbonyl (C=O) groups is 1. The summed E-state index contributed by atoms with van der Waals surface area (Å²) in [6, 6.07) is 5.61. The predicted octanol–water partition coefficient (Wildman–Crippen LogP) is 1.11. The van der Waals surface area contributed by atoms with Crippen molar-refractivity contribution in [3.8, 4) is 0 Å². The van der Waals surface area contributed by atoms with E-state index in [9.17, 15) is 4.79 Å². The zero-order valence-electron chi connectivity index (χ0n) is 10.5. The van der Waals surface area contributed by atoms with Crippen molar-refractivity contribution in [3.05, 3.63) is 23.8 Å². The number of anilines is 1. The van der Waals surface area contributed by atoms with Crippen LogP contribution >= 0.6 is 11.8 Å². The van der Waals surface area contributed by atoms with E-state index in [0.29, 0.717) is 6.04 Å². The highest BCUT2D eigenvalue weighted by Crippen LogP contribution is 2.39. The molecule has 1 aliphatic heterocycles. The Balaban J connectivity index is 1.62. The standard InChI is InChI=1S/C12H12N6OS/c13-10-8-4-3-7(5-9(8)14-11(10)19)20-12-15-16-17-18(12)6-1-2-6/h3-6,10H,1-2,13H2,(H,14,19). The second-order valence-corrected chi connectivity index (χ2v) is 6.00. The first-order valence-electron chi connectivity index (χ1n) is 6.38. The van der Waals surface area contributed by atoms with Crippen LogP contribution in [-0.2, 0) is 4.79 Å². The second-order valence-electron chi connectivity index (χ2n) is 4.96. The SMILES string of the molecule is NC1C(=O)Nc2cc(Sc3nnnn3C3CC3)ccc21. The number of nitrogens with two attached hydrogens (primary N) is 1. The minimum absolute atomic E-state index is 0.162. The van der Waals surface area contributed by atoms with Crippen LogP contribution in [0.2, 0.25) is 0 Å². The third kappa shape index (κ3) is 1.88. The Morgan fingerprint density at radius 1 is 1.40 bits per heavy atom. The summed E-state index contributed by atoms with van der Waals surface area (Å²) in [6.45, 7) is 0. The van der Waals surface area contributed by atoms with Crippen LogP contribution in [0.5, 0.6) is 0 Å². The van der Waals surface area contributed by atoms with Gasteiger partial charge in [0.25, 0.3) is 0 Å². The predicted molar refractivity (Wildman–Crippen MR) is 72.2 cm³/mol. The maximum atomic E-state index is 11.5. The number of amides is 1. The first kappa shape index (κ1) is 11.9. The molecular formula is C12H12N6OS. The molecule has 1 unspecified atom stereocenters. The fourth-order valence-corrected chi connectivity index (χ4v) is 3.12. The van der Waals surface area contributed by atoms with E-state index < -0.39 is 6.04 Å². The maximum absolute atomic E-state index is 11.5. The molecule has 1 atom stereocenters. The molecule has 0 bridgehead atoms. The Morgan fingerprint density at radius 2 is 2.25 bits per heavy atom. The molecule has 102 valence electrons. The number of nitrogens with zero attached hydrogens (tertiary/aromatic N) is 4.